The summed E-state index contributed by atoms with van der Waals surface area (Å²) in [5.74, 6) is 0. The lowest BCUT2D eigenvalue weighted by Crippen LogP contribution is -2.25. The first kappa shape index (κ1) is 17.6. The van der Waals surface area contributed by atoms with Gasteiger partial charge in [0.1, 0.15) is 0 Å². The summed E-state index contributed by atoms with van der Waals surface area (Å²) in [5, 5.41) is 8.04. The normalized spacial score (nSPS) is 11.3. The van der Waals surface area contributed by atoms with Gasteiger partial charge in [-0.2, -0.15) is 5.10 Å². The lowest BCUT2D eigenvalue weighted by Gasteiger charge is -2.08. The van der Waals surface area contributed by atoms with E-state index in [4.69, 9.17) is 12.2 Å². The number of para-hydroxylation sites is 1. The fourth-order valence-corrected chi connectivity index (χ4v) is 2.50. The number of hydrogen-bond acceptors (Lipinski definition) is 2. The molecule has 4 heteroatoms. The van der Waals surface area contributed by atoms with Crippen LogP contribution in [-0.2, 0) is 0 Å². The number of nitrogens with one attached hydrogen (secondary N) is 2. The van der Waals surface area contributed by atoms with Crippen LogP contribution in [0.15, 0.2) is 102 Å². The second kappa shape index (κ2) is 9.30. The molecule has 128 valence electrons. The summed E-state index contributed by atoms with van der Waals surface area (Å²) >= 11 is 5.33. The molecule has 0 bridgehead atoms. The van der Waals surface area contributed by atoms with Crippen LogP contribution in [0.3, 0.4) is 0 Å². The standard InChI is InChI=1S/C22H19N3S/c26-22(23-20-14-8-3-9-15-20)25-24-21(19-12-6-2-7-13-19)17-16-18-10-4-1-5-11-18/h1-17H,(H2,23,25,26). The number of allylic oxidation sites excluding steroid dienone is 1. The number of thiocarbonyl (C=S) groups is 1. The van der Waals surface area contributed by atoms with E-state index in [1.165, 1.54) is 0 Å². The summed E-state index contributed by atoms with van der Waals surface area (Å²) in [6.07, 6.45) is 4.00. The molecule has 0 saturated heterocycles. The number of hydrogen-bond donors (Lipinski definition) is 2. The van der Waals surface area contributed by atoms with Gasteiger partial charge in [-0.05, 0) is 36.0 Å². The van der Waals surface area contributed by atoms with E-state index >= 15 is 0 Å². The lowest BCUT2D eigenvalue weighted by molar-refractivity contribution is 1.04. The number of anilines is 1. The van der Waals surface area contributed by atoms with Gasteiger partial charge in [0.05, 0.1) is 5.71 Å². The van der Waals surface area contributed by atoms with Crippen molar-refractivity contribution in [2.75, 3.05) is 5.32 Å². The molecule has 0 heterocycles. The van der Waals surface area contributed by atoms with Crippen LogP contribution >= 0.6 is 12.2 Å². The third-order valence-electron chi connectivity index (χ3n) is 3.61. The van der Waals surface area contributed by atoms with E-state index in [-0.39, 0.29) is 0 Å². The Morgan fingerprint density at radius 1 is 0.769 bits per heavy atom. The number of benzene rings is 3. The van der Waals surface area contributed by atoms with Crippen molar-refractivity contribution in [1.82, 2.24) is 5.43 Å². The Morgan fingerprint density at radius 2 is 1.35 bits per heavy atom. The van der Waals surface area contributed by atoms with Gasteiger partial charge in [0.25, 0.3) is 0 Å². The molecule has 0 saturated carbocycles. The molecule has 2 N–H and O–H groups in total. The maximum Gasteiger partial charge on any atom is 0.191 e. The topological polar surface area (TPSA) is 36.4 Å². The molecule has 0 aliphatic heterocycles. The monoisotopic (exact) mass is 357 g/mol. The first-order valence-electron chi connectivity index (χ1n) is 8.29. The van der Waals surface area contributed by atoms with Crippen molar-refractivity contribution in [2.45, 2.75) is 0 Å². The van der Waals surface area contributed by atoms with Gasteiger partial charge in [-0.15, -0.1) is 0 Å². The smallest absolute Gasteiger partial charge is 0.191 e. The van der Waals surface area contributed by atoms with Gasteiger partial charge in [0.15, 0.2) is 5.11 Å². The van der Waals surface area contributed by atoms with E-state index in [1.54, 1.807) is 0 Å². The van der Waals surface area contributed by atoms with Crippen molar-refractivity contribution in [3.63, 3.8) is 0 Å². The maximum absolute atomic E-state index is 5.33. The first-order valence-corrected chi connectivity index (χ1v) is 8.70. The Labute approximate surface area is 159 Å². The minimum atomic E-state index is 0.442. The molecule has 3 rings (SSSR count). The Kier molecular flexibility index (Phi) is 6.29. The van der Waals surface area contributed by atoms with Crippen molar-refractivity contribution < 1.29 is 0 Å². The summed E-state index contributed by atoms with van der Waals surface area (Å²) in [6, 6.07) is 29.9. The van der Waals surface area contributed by atoms with Gasteiger partial charge in [0.2, 0.25) is 0 Å². The fraction of sp³-hybridized carbons (Fsp3) is 0. The minimum Gasteiger partial charge on any atom is -0.331 e. The molecule has 0 spiro atoms. The molecule has 0 aromatic heterocycles. The number of rotatable bonds is 5. The average Bonchev–Trinajstić information content (AvgIpc) is 2.70. The van der Waals surface area contributed by atoms with Crippen molar-refractivity contribution in [1.29, 1.82) is 0 Å². The van der Waals surface area contributed by atoms with Crippen molar-refractivity contribution in [3.8, 4) is 0 Å². The Morgan fingerprint density at radius 3 is 2.00 bits per heavy atom. The Balaban J connectivity index is 1.75. The third-order valence-corrected chi connectivity index (χ3v) is 3.81. The molecule has 26 heavy (non-hydrogen) atoms. The molecule has 0 radical (unpaired) electrons. The highest BCUT2D eigenvalue weighted by Crippen LogP contribution is 2.07. The van der Waals surface area contributed by atoms with Crippen LogP contribution in [0.2, 0.25) is 0 Å². The van der Waals surface area contributed by atoms with Crippen molar-refractivity contribution in [2.24, 2.45) is 5.10 Å². The zero-order chi connectivity index (χ0) is 18.0. The highest BCUT2D eigenvalue weighted by Gasteiger charge is 2.01. The van der Waals surface area contributed by atoms with Gasteiger partial charge < -0.3 is 5.32 Å². The minimum absolute atomic E-state index is 0.442. The Bertz CT molecular complexity index is 888. The highest BCUT2D eigenvalue weighted by atomic mass is 32.1. The molecule has 0 amide bonds. The summed E-state index contributed by atoms with van der Waals surface area (Å²) in [4.78, 5) is 0. The van der Waals surface area contributed by atoms with Gasteiger partial charge in [-0.3, -0.25) is 5.43 Å². The largest absolute Gasteiger partial charge is 0.331 e. The van der Waals surface area contributed by atoms with Crippen LogP contribution in [0.1, 0.15) is 11.1 Å². The molecule has 0 unspecified atom stereocenters. The van der Waals surface area contributed by atoms with E-state index < -0.39 is 0 Å². The van der Waals surface area contributed by atoms with Crippen LogP contribution in [0.25, 0.3) is 6.08 Å². The van der Waals surface area contributed by atoms with Crippen molar-refractivity contribution >= 4 is 34.8 Å². The summed E-state index contributed by atoms with van der Waals surface area (Å²) < 4.78 is 0. The molecule has 0 atom stereocenters. The second-order valence-corrected chi connectivity index (χ2v) is 5.95. The summed E-state index contributed by atoms with van der Waals surface area (Å²) in [6.45, 7) is 0. The molecule has 0 fully saturated rings. The number of hydrazone groups is 1. The van der Waals surface area contributed by atoms with Crippen LogP contribution in [-0.4, -0.2) is 10.8 Å². The molecular weight excluding hydrogens is 338 g/mol. The van der Waals surface area contributed by atoms with Gasteiger partial charge in [-0.1, -0.05) is 84.9 Å². The zero-order valence-electron chi connectivity index (χ0n) is 14.2. The van der Waals surface area contributed by atoms with Gasteiger partial charge >= 0.3 is 0 Å². The Hall–Kier alpha value is -3.24. The fourth-order valence-electron chi connectivity index (χ4n) is 2.34. The number of nitrogens with zero attached hydrogens (tertiary/aromatic N) is 1. The SMILES string of the molecule is S=C(NN=C(C=Cc1ccccc1)c1ccccc1)Nc1ccccc1. The molecule has 3 aromatic rings. The quantitative estimate of drug-likeness (QED) is 0.379. The molecule has 3 aromatic carbocycles. The molecule has 0 aliphatic carbocycles. The molecule has 0 aliphatic rings. The average molecular weight is 357 g/mol. The van der Waals surface area contributed by atoms with E-state index in [9.17, 15) is 0 Å². The lowest BCUT2D eigenvalue weighted by atomic mass is 10.1. The summed E-state index contributed by atoms with van der Waals surface area (Å²) in [7, 11) is 0. The van der Waals surface area contributed by atoms with Gasteiger partial charge in [-0.25, -0.2) is 0 Å². The maximum atomic E-state index is 5.33. The van der Waals surface area contributed by atoms with Crippen molar-refractivity contribution in [3.05, 3.63) is 108 Å². The summed E-state index contributed by atoms with van der Waals surface area (Å²) in [5.41, 5.74) is 6.76. The molecular formula is C22H19N3S. The highest BCUT2D eigenvalue weighted by molar-refractivity contribution is 7.80. The van der Waals surface area contributed by atoms with Crippen LogP contribution < -0.4 is 10.7 Å². The van der Waals surface area contributed by atoms with E-state index in [2.05, 4.69) is 15.8 Å². The van der Waals surface area contributed by atoms with E-state index in [0.717, 1.165) is 22.5 Å². The van der Waals surface area contributed by atoms with E-state index in [1.807, 2.05) is 103 Å². The predicted molar refractivity (Wildman–Crippen MR) is 114 cm³/mol. The van der Waals surface area contributed by atoms with Crippen LogP contribution in [0.5, 0.6) is 0 Å². The van der Waals surface area contributed by atoms with Gasteiger partial charge in [0, 0.05) is 11.3 Å². The van der Waals surface area contributed by atoms with Crippen LogP contribution in [0, 0.1) is 0 Å². The predicted octanol–water partition coefficient (Wildman–Crippen LogP) is 5.09. The third kappa shape index (κ3) is 5.40. The second-order valence-electron chi connectivity index (χ2n) is 5.54. The van der Waals surface area contributed by atoms with Crippen LogP contribution in [0.4, 0.5) is 5.69 Å². The zero-order valence-corrected chi connectivity index (χ0v) is 15.0. The first-order chi connectivity index (χ1) is 12.8. The van der Waals surface area contributed by atoms with E-state index in [0.29, 0.717) is 5.11 Å². The molecule has 3 nitrogen and oxygen atoms in total.